The van der Waals surface area contributed by atoms with Gasteiger partial charge in [-0.1, -0.05) is 6.07 Å². The number of aliphatic hydroxyl groups is 1. The third kappa shape index (κ3) is 1.65. The van der Waals surface area contributed by atoms with E-state index in [4.69, 9.17) is 4.74 Å². The Balaban J connectivity index is 2.71. The first kappa shape index (κ1) is 12.5. The summed E-state index contributed by atoms with van der Waals surface area (Å²) in [6.07, 6.45) is -5.08. The van der Waals surface area contributed by atoms with Gasteiger partial charge in [0.25, 0.3) is 5.72 Å². The predicted molar refractivity (Wildman–Crippen MR) is 55.1 cm³/mol. The van der Waals surface area contributed by atoms with Gasteiger partial charge >= 0.3 is 12.2 Å². The van der Waals surface area contributed by atoms with Gasteiger partial charge in [0.05, 0.1) is 18.4 Å². The normalized spacial score (nSPS) is 22.8. The van der Waals surface area contributed by atoms with Gasteiger partial charge in [0, 0.05) is 0 Å². The SMILES string of the molecule is COc1cccc2c1C(O)(C(F)(F)F)NC(=O)N2. The highest BCUT2D eigenvalue weighted by Gasteiger charge is 2.60. The monoisotopic (exact) mass is 262 g/mol. The minimum absolute atomic E-state index is 0.155. The summed E-state index contributed by atoms with van der Waals surface area (Å²) >= 11 is 0. The van der Waals surface area contributed by atoms with Crippen LogP contribution in [0.3, 0.4) is 0 Å². The van der Waals surface area contributed by atoms with E-state index in [-0.39, 0.29) is 11.4 Å². The fourth-order valence-corrected chi connectivity index (χ4v) is 1.77. The van der Waals surface area contributed by atoms with E-state index in [1.54, 1.807) is 0 Å². The maximum atomic E-state index is 12.9. The van der Waals surface area contributed by atoms with Crippen molar-refractivity contribution in [1.82, 2.24) is 5.32 Å². The molecule has 1 atom stereocenters. The molecule has 18 heavy (non-hydrogen) atoms. The van der Waals surface area contributed by atoms with Gasteiger partial charge in [-0.3, -0.25) is 5.32 Å². The molecule has 0 fully saturated rings. The molecule has 8 heteroatoms. The van der Waals surface area contributed by atoms with Gasteiger partial charge in [-0.2, -0.15) is 13.2 Å². The van der Waals surface area contributed by atoms with Crippen LogP contribution in [0, 0.1) is 0 Å². The van der Waals surface area contributed by atoms with Gasteiger partial charge < -0.3 is 15.2 Å². The van der Waals surface area contributed by atoms with Crippen LogP contribution in [0.5, 0.6) is 5.75 Å². The maximum absolute atomic E-state index is 12.9. The van der Waals surface area contributed by atoms with Crippen molar-refractivity contribution in [1.29, 1.82) is 0 Å². The first-order valence-electron chi connectivity index (χ1n) is 4.85. The summed E-state index contributed by atoms with van der Waals surface area (Å²) in [7, 11) is 1.17. The molecule has 0 aliphatic carbocycles. The van der Waals surface area contributed by atoms with Crippen LogP contribution < -0.4 is 15.4 Å². The number of methoxy groups -OCH3 is 1. The number of hydrogen-bond acceptors (Lipinski definition) is 3. The summed E-state index contributed by atoms with van der Waals surface area (Å²) in [5, 5.41) is 13.4. The van der Waals surface area contributed by atoms with E-state index in [1.165, 1.54) is 30.6 Å². The third-order valence-electron chi connectivity index (χ3n) is 2.56. The van der Waals surface area contributed by atoms with Crippen molar-refractivity contribution in [3.8, 4) is 5.75 Å². The molecule has 1 aromatic rings. The fourth-order valence-electron chi connectivity index (χ4n) is 1.77. The summed E-state index contributed by atoms with van der Waals surface area (Å²) < 4.78 is 43.6. The van der Waals surface area contributed by atoms with Crippen molar-refractivity contribution in [2.75, 3.05) is 12.4 Å². The van der Waals surface area contributed by atoms with Gasteiger partial charge in [-0.05, 0) is 12.1 Å². The number of carbonyl (C=O) groups is 1. The molecule has 0 bridgehead atoms. The van der Waals surface area contributed by atoms with Crippen LogP contribution >= 0.6 is 0 Å². The van der Waals surface area contributed by atoms with Gasteiger partial charge in [-0.15, -0.1) is 0 Å². The molecular weight excluding hydrogens is 253 g/mol. The molecule has 5 nitrogen and oxygen atoms in total. The Morgan fingerprint density at radius 3 is 2.61 bits per heavy atom. The lowest BCUT2D eigenvalue weighted by Gasteiger charge is -2.37. The Bertz CT molecular complexity index is 504. The molecule has 3 N–H and O–H groups in total. The number of amides is 2. The van der Waals surface area contributed by atoms with Crippen molar-refractivity contribution >= 4 is 11.7 Å². The summed E-state index contributed by atoms with van der Waals surface area (Å²) in [6.45, 7) is 0. The van der Waals surface area contributed by atoms with Crippen LogP contribution in [0.2, 0.25) is 0 Å². The zero-order chi connectivity index (χ0) is 13.6. The summed E-state index contributed by atoms with van der Waals surface area (Å²) in [6, 6.07) is 2.76. The topological polar surface area (TPSA) is 70.6 Å². The van der Waals surface area contributed by atoms with Gasteiger partial charge in [-0.25, -0.2) is 4.79 Å². The minimum Gasteiger partial charge on any atom is -0.496 e. The molecule has 2 amide bonds. The summed E-state index contributed by atoms with van der Waals surface area (Å²) in [4.78, 5) is 11.2. The highest BCUT2D eigenvalue weighted by Crippen LogP contribution is 2.45. The molecule has 1 heterocycles. The number of benzene rings is 1. The molecule has 98 valence electrons. The second-order valence-corrected chi connectivity index (χ2v) is 3.67. The van der Waals surface area contributed by atoms with E-state index in [9.17, 15) is 23.1 Å². The average Bonchev–Trinajstić information content (AvgIpc) is 2.26. The Kier molecular flexibility index (Phi) is 2.62. The van der Waals surface area contributed by atoms with Gasteiger partial charge in [0.15, 0.2) is 0 Å². The Morgan fingerprint density at radius 2 is 2.06 bits per heavy atom. The molecule has 0 radical (unpaired) electrons. The number of urea groups is 1. The zero-order valence-corrected chi connectivity index (χ0v) is 9.13. The molecule has 1 unspecified atom stereocenters. The van der Waals surface area contributed by atoms with Crippen molar-refractivity contribution in [3.05, 3.63) is 23.8 Å². The lowest BCUT2D eigenvalue weighted by molar-refractivity contribution is -0.275. The third-order valence-corrected chi connectivity index (χ3v) is 2.56. The van der Waals surface area contributed by atoms with Crippen LogP contribution in [0.1, 0.15) is 5.56 Å². The molecular formula is C10H9F3N2O3. The number of nitrogens with one attached hydrogen (secondary N) is 2. The predicted octanol–water partition coefficient (Wildman–Crippen LogP) is 1.54. The number of carbonyl (C=O) groups excluding carboxylic acids is 1. The quantitative estimate of drug-likeness (QED) is 0.719. The number of halogens is 3. The Hall–Kier alpha value is -1.96. The number of anilines is 1. The average molecular weight is 262 g/mol. The Labute approximate surface area is 99.6 Å². The minimum atomic E-state index is -5.08. The molecule has 0 saturated carbocycles. The molecule has 1 aliphatic rings. The van der Waals surface area contributed by atoms with E-state index in [0.29, 0.717) is 0 Å². The lowest BCUT2D eigenvalue weighted by atomic mass is 9.97. The van der Waals surface area contributed by atoms with E-state index in [1.807, 2.05) is 0 Å². The van der Waals surface area contributed by atoms with E-state index in [2.05, 4.69) is 5.32 Å². The van der Waals surface area contributed by atoms with E-state index in [0.717, 1.165) is 0 Å². The van der Waals surface area contributed by atoms with Crippen LogP contribution in [-0.4, -0.2) is 24.4 Å². The van der Waals surface area contributed by atoms with Crippen LogP contribution in [0.15, 0.2) is 18.2 Å². The first-order chi connectivity index (χ1) is 8.29. The highest BCUT2D eigenvalue weighted by molar-refractivity contribution is 5.94. The second-order valence-electron chi connectivity index (χ2n) is 3.67. The smallest absolute Gasteiger partial charge is 0.441 e. The van der Waals surface area contributed by atoms with Gasteiger partial charge in [0.1, 0.15) is 5.75 Å². The molecule has 2 rings (SSSR count). The number of alkyl halides is 3. The lowest BCUT2D eigenvalue weighted by Crippen LogP contribution is -2.60. The number of hydrogen-bond donors (Lipinski definition) is 3. The van der Waals surface area contributed by atoms with Crippen LogP contribution in [-0.2, 0) is 5.72 Å². The Morgan fingerprint density at radius 1 is 1.39 bits per heavy atom. The van der Waals surface area contributed by atoms with Crippen molar-refractivity contribution < 1.29 is 27.8 Å². The first-order valence-corrected chi connectivity index (χ1v) is 4.85. The standard InChI is InChI=1S/C10H9F3N2O3/c1-18-6-4-2-3-5-7(6)9(17,10(11,12)13)15-8(16)14-5/h2-4,17H,1H3,(H2,14,15,16). The van der Waals surface area contributed by atoms with E-state index >= 15 is 0 Å². The van der Waals surface area contributed by atoms with Gasteiger partial charge in [0.2, 0.25) is 0 Å². The van der Waals surface area contributed by atoms with Crippen LogP contribution in [0.25, 0.3) is 0 Å². The molecule has 0 spiro atoms. The molecule has 1 aliphatic heterocycles. The molecule has 0 aromatic heterocycles. The maximum Gasteiger partial charge on any atom is 0.441 e. The van der Waals surface area contributed by atoms with Crippen molar-refractivity contribution in [2.24, 2.45) is 0 Å². The fraction of sp³-hybridized carbons (Fsp3) is 0.300. The van der Waals surface area contributed by atoms with Crippen molar-refractivity contribution in [2.45, 2.75) is 11.9 Å². The van der Waals surface area contributed by atoms with Crippen molar-refractivity contribution in [3.63, 3.8) is 0 Å². The summed E-state index contributed by atoms with van der Waals surface area (Å²) in [5.41, 5.74) is -4.20. The number of ether oxygens (including phenoxy) is 1. The van der Waals surface area contributed by atoms with Crippen LogP contribution in [0.4, 0.5) is 23.7 Å². The molecule has 0 saturated heterocycles. The summed E-state index contributed by atoms with van der Waals surface area (Å²) in [5.74, 6) is -0.181. The largest absolute Gasteiger partial charge is 0.496 e. The second kappa shape index (κ2) is 3.77. The number of fused-ring (bicyclic) bond motifs is 1. The van der Waals surface area contributed by atoms with E-state index < -0.39 is 23.5 Å². The zero-order valence-electron chi connectivity index (χ0n) is 9.13. The number of rotatable bonds is 1. The highest BCUT2D eigenvalue weighted by atomic mass is 19.4. The molecule has 1 aromatic carbocycles.